The smallest absolute Gasteiger partial charge is 0.146 e. The summed E-state index contributed by atoms with van der Waals surface area (Å²) >= 11 is 0. The molecule has 0 aromatic heterocycles. The summed E-state index contributed by atoms with van der Waals surface area (Å²) in [5.41, 5.74) is 6.62. The molecule has 0 radical (unpaired) electrons. The minimum Gasteiger partial charge on any atom is -0.505 e. The SMILES string of the molecule is CNc1ccccc1NC/C=N/N(C)c1cc2c3c(c1O)CCCN3CCC2. The van der Waals surface area contributed by atoms with Gasteiger partial charge in [-0.05, 0) is 49.4 Å². The number of phenols is 1. The Bertz CT molecular complexity index is 877. The molecule has 28 heavy (non-hydrogen) atoms. The van der Waals surface area contributed by atoms with Gasteiger partial charge in [0, 0.05) is 44.7 Å². The molecule has 0 atom stereocenters. The third-order valence-corrected chi connectivity index (χ3v) is 5.66. The first-order valence-corrected chi connectivity index (χ1v) is 10.1. The molecule has 2 aromatic carbocycles. The number of hydrogen-bond acceptors (Lipinski definition) is 6. The van der Waals surface area contributed by atoms with Crippen LogP contribution < -0.4 is 20.5 Å². The summed E-state index contributed by atoms with van der Waals surface area (Å²) < 4.78 is 0. The molecule has 0 bridgehead atoms. The lowest BCUT2D eigenvalue weighted by molar-refractivity contribution is 0.462. The van der Waals surface area contributed by atoms with Crippen LogP contribution in [0.5, 0.6) is 5.75 Å². The minimum absolute atomic E-state index is 0.387. The quantitative estimate of drug-likeness (QED) is 0.528. The molecule has 2 heterocycles. The van der Waals surface area contributed by atoms with Crippen LogP contribution in [0.1, 0.15) is 24.0 Å². The van der Waals surface area contributed by atoms with Crippen molar-refractivity contribution in [2.45, 2.75) is 25.7 Å². The molecule has 2 aromatic rings. The van der Waals surface area contributed by atoms with Gasteiger partial charge >= 0.3 is 0 Å². The lowest BCUT2D eigenvalue weighted by Gasteiger charge is -2.38. The summed E-state index contributed by atoms with van der Waals surface area (Å²) in [5, 5.41) is 23.8. The van der Waals surface area contributed by atoms with E-state index >= 15 is 0 Å². The van der Waals surface area contributed by atoms with Crippen LogP contribution in [0.2, 0.25) is 0 Å². The summed E-state index contributed by atoms with van der Waals surface area (Å²) in [6.07, 6.45) is 6.14. The first kappa shape index (κ1) is 18.5. The van der Waals surface area contributed by atoms with E-state index in [0.717, 1.165) is 55.0 Å². The largest absolute Gasteiger partial charge is 0.505 e. The zero-order valence-electron chi connectivity index (χ0n) is 16.7. The molecule has 6 heteroatoms. The highest BCUT2D eigenvalue weighted by Crippen LogP contribution is 2.45. The van der Waals surface area contributed by atoms with E-state index in [-0.39, 0.29) is 0 Å². The van der Waals surface area contributed by atoms with E-state index in [9.17, 15) is 5.11 Å². The van der Waals surface area contributed by atoms with Gasteiger partial charge in [0.1, 0.15) is 11.4 Å². The lowest BCUT2D eigenvalue weighted by Crippen LogP contribution is -2.34. The zero-order valence-corrected chi connectivity index (χ0v) is 16.7. The first-order chi connectivity index (χ1) is 13.7. The minimum atomic E-state index is 0.387. The van der Waals surface area contributed by atoms with E-state index in [2.05, 4.69) is 26.7 Å². The molecule has 4 rings (SSSR count). The van der Waals surface area contributed by atoms with Crippen molar-refractivity contribution in [1.29, 1.82) is 0 Å². The van der Waals surface area contributed by atoms with Gasteiger partial charge in [0.05, 0.1) is 17.9 Å². The van der Waals surface area contributed by atoms with Gasteiger partial charge < -0.3 is 20.6 Å². The Labute approximate surface area is 166 Å². The summed E-state index contributed by atoms with van der Waals surface area (Å²) in [6.45, 7) is 2.81. The van der Waals surface area contributed by atoms with Crippen LogP contribution in [0.15, 0.2) is 35.4 Å². The van der Waals surface area contributed by atoms with Gasteiger partial charge in [-0.3, -0.25) is 5.01 Å². The molecule has 0 spiro atoms. The standard InChI is InChI=1S/C22H29N5O/c1-23-18-9-3-4-10-19(18)24-11-12-25-26(2)20-15-16-7-5-13-27-14-6-8-17(21(16)27)22(20)28/h3-4,9-10,12,15,23-24,28H,5-8,11,13-14H2,1-2H3/b25-12+. The first-order valence-electron chi connectivity index (χ1n) is 10.1. The fraction of sp³-hybridized carbons (Fsp3) is 0.409. The summed E-state index contributed by atoms with van der Waals surface area (Å²) in [4.78, 5) is 2.44. The fourth-order valence-electron chi connectivity index (χ4n) is 4.31. The van der Waals surface area contributed by atoms with Gasteiger partial charge in [0.25, 0.3) is 0 Å². The van der Waals surface area contributed by atoms with Gasteiger partial charge in [-0.2, -0.15) is 5.10 Å². The van der Waals surface area contributed by atoms with E-state index in [0.29, 0.717) is 12.3 Å². The second-order valence-corrected chi connectivity index (χ2v) is 7.42. The van der Waals surface area contributed by atoms with Crippen LogP contribution in [0, 0.1) is 0 Å². The van der Waals surface area contributed by atoms with E-state index in [4.69, 9.17) is 0 Å². The number of hydrogen-bond donors (Lipinski definition) is 3. The number of benzene rings is 2. The Kier molecular flexibility index (Phi) is 5.28. The van der Waals surface area contributed by atoms with Crippen molar-refractivity contribution in [3.05, 3.63) is 41.5 Å². The highest BCUT2D eigenvalue weighted by Gasteiger charge is 2.28. The number of rotatable bonds is 6. The van der Waals surface area contributed by atoms with E-state index in [1.807, 2.05) is 44.6 Å². The molecule has 0 aliphatic carbocycles. The summed E-state index contributed by atoms with van der Waals surface area (Å²) in [7, 11) is 3.81. The fourth-order valence-corrected chi connectivity index (χ4v) is 4.31. The maximum absolute atomic E-state index is 10.9. The number of phenolic OH excluding ortho intramolecular Hbond substituents is 1. The zero-order chi connectivity index (χ0) is 19.5. The molecule has 0 saturated carbocycles. The van der Waals surface area contributed by atoms with Crippen molar-refractivity contribution in [3.8, 4) is 5.75 Å². The number of para-hydroxylation sites is 2. The average molecular weight is 380 g/mol. The second-order valence-electron chi connectivity index (χ2n) is 7.42. The number of hydrazone groups is 1. The molecular formula is C22H29N5O. The van der Waals surface area contributed by atoms with Crippen LogP contribution in [0.3, 0.4) is 0 Å². The topological polar surface area (TPSA) is 63.1 Å². The maximum Gasteiger partial charge on any atom is 0.146 e. The van der Waals surface area contributed by atoms with Gasteiger partial charge in [-0.1, -0.05) is 12.1 Å². The number of anilines is 4. The van der Waals surface area contributed by atoms with E-state index in [1.165, 1.54) is 17.7 Å². The highest BCUT2D eigenvalue weighted by atomic mass is 16.3. The van der Waals surface area contributed by atoms with E-state index < -0.39 is 0 Å². The summed E-state index contributed by atoms with van der Waals surface area (Å²) in [5.74, 6) is 0.387. The van der Waals surface area contributed by atoms with Gasteiger partial charge in [-0.25, -0.2) is 0 Å². The average Bonchev–Trinajstić information content (AvgIpc) is 2.73. The lowest BCUT2D eigenvalue weighted by atomic mass is 9.90. The summed E-state index contributed by atoms with van der Waals surface area (Å²) in [6, 6.07) is 10.2. The molecule has 2 aliphatic heterocycles. The van der Waals surface area contributed by atoms with Crippen LogP contribution in [-0.4, -0.2) is 45.1 Å². The van der Waals surface area contributed by atoms with Crippen molar-refractivity contribution in [2.24, 2.45) is 5.10 Å². The predicted octanol–water partition coefficient (Wildman–Crippen LogP) is 3.67. The Morgan fingerprint density at radius 2 is 1.93 bits per heavy atom. The monoisotopic (exact) mass is 379 g/mol. The number of aryl methyl sites for hydroxylation is 1. The molecule has 2 aliphatic rings. The Balaban J connectivity index is 1.49. The molecular weight excluding hydrogens is 350 g/mol. The molecule has 0 saturated heterocycles. The molecule has 0 amide bonds. The van der Waals surface area contributed by atoms with Crippen LogP contribution in [-0.2, 0) is 12.8 Å². The van der Waals surface area contributed by atoms with Crippen LogP contribution >= 0.6 is 0 Å². The Morgan fingerprint density at radius 1 is 1.18 bits per heavy atom. The third-order valence-electron chi connectivity index (χ3n) is 5.66. The maximum atomic E-state index is 10.9. The Morgan fingerprint density at radius 3 is 2.71 bits per heavy atom. The molecule has 6 nitrogen and oxygen atoms in total. The van der Waals surface area contributed by atoms with Crippen molar-refractivity contribution in [1.82, 2.24) is 0 Å². The predicted molar refractivity (Wildman–Crippen MR) is 118 cm³/mol. The van der Waals surface area contributed by atoms with Crippen molar-refractivity contribution in [3.63, 3.8) is 0 Å². The van der Waals surface area contributed by atoms with Crippen LogP contribution in [0.25, 0.3) is 0 Å². The van der Waals surface area contributed by atoms with Crippen LogP contribution in [0.4, 0.5) is 22.7 Å². The Hall–Kier alpha value is -2.89. The second kappa shape index (κ2) is 8.00. The van der Waals surface area contributed by atoms with Crippen molar-refractivity contribution < 1.29 is 5.11 Å². The van der Waals surface area contributed by atoms with Gasteiger partial charge in [0.15, 0.2) is 0 Å². The van der Waals surface area contributed by atoms with Crippen molar-refractivity contribution in [2.75, 3.05) is 54.3 Å². The van der Waals surface area contributed by atoms with Gasteiger partial charge in [0.2, 0.25) is 0 Å². The highest BCUT2D eigenvalue weighted by molar-refractivity contribution is 5.77. The molecule has 0 fully saturated rings. The number of nitrogens with zero attached hydrogens (tertiary/aromatic N) is 3. The molecule has 148 valence electrons. The number of aromatic hydroxyl groups is 1. The molecule has 3 N–H and O–H groups in total. The molecule has 0 unspecified atom stereocenters. The van der Waals surface area contributed by atoms with Gasteiger partial charge in [-0.15, -0.1) is 0 Å². The number of nitrogens with one attached hydrogen (secondary N) is 2. The van der Waals surface area contributed by atoms with E-state index in [1.54, 1.807) is 5.01 Å². The normalized spacial score (nSPS) is 15.4. The third kappa shape index (κ3) is 3.46. The van der Waals surface area contributed by atoms with Crippen molar-refractivity contribution >= 4 is 29.0 Å².